The van der Waals surface area contributed by atoms with Gasteiger partial charge in [0.2, 0.25) is 0 Å². The molecule has 0 aromatic carbocycles. The van der Waals surface area contributed by atoms with E-state index in [4.69, 9.17) is 4.74 Å². The Bertz CT molecular complexity index is 274. The van der Waals surface area contributed by atoms with Crippen molar-refractivity contribution in [1.29, 1.82) is 0 Å². The maximum atomic E-state index is 11.4. The van der Waals surface area contributed by atoms with Gasteiger partial charge in [-0.2, -0.15) is 0 Å². The van der Waals surface area contributed by atoms with Crippen LogP contribution in [0.4, 0.5) is 0 Å². The molecule has 0 aromatic rings. The Balaban J connectivity index is 1.74. The number of hydrogen-bond acceptors (Lipinski definition) is 3. The van der Waals surface area contributed by atoms with Gasteiger partial charge in [-0.15, -0.1) is 0 Å². The third-order valence-corrected chi connectivity index (χ3v) is 4.33. The molecule has 0 aromatic heterocycles. The third kappa shape index (κ3) is 2.80. The van der Waals surface area contributed by atoms with Crippen molar-refractivity contribution in [3.63, 3.8) is 0 Å². The van der Waals surface area contributed by atoms with Gasteiger partial charge in [0.25, 0.3) is 0 Å². The normalized spacial score (nSPS) is 24.1. The van der Waals surface area contributed by atoms with E-state index >= 15 is 0 Å². The topological polar surface area (TPSA) is 58.6 Å². The van der Waals surface area contributed by atoms with Crippen LogP contribution in [0.1, 0.15) is 38.5 Å². The predicted molar refractivity (Wildman–Crippen MR) is 64.9 cm³/mol. The maximum absolute atomic E-state index is 11.4. The Morgan fingerprint density at radius 3 is 2.53 bits per heavy atom. The van der Waals surface area contributed by atoms with Crippen LogP contribution in [-0.2, 0) is 9.53 Å². The third-order valence-electron chi connectivity index (χ3n) is 4.33. The molecule has 2 saturated carbocycles. The highest BCUT2D eigenvalue weighted by Crippen LogP contribution is 2.40. The van der Waals surface area contributed by atoms with Crippen LogP contribution in [0.25, 0.3) is 0 Å². The van der Waals surface area contributed by atoms with Gasteiger partial charge in [-0.3, -0.25) is 4.79 Å². The molecular weight excluding hydrogens is 218 g/mol. The predicted octanol–water partition coefficient (Wildman–Crippen LogP) is 1.65. The van der Waals surface area contributed by atoms with Crippen molar-refractivity contribution in [3.8, 4) is 0 Å². The van der Waals surface area contributed by atoms with Gasteiger partial charge in [-0.25, -0.2) is 0 Å². The standard InChI is InChI=1S/C13H23NO3/c1-14-13(12(15)16,11-5-6-11)9-17-8-7-10-3-2-4-10/h10-11,14H,2-9H2,1H3,(H,15,16). The highest BCUT2D eigenvalue weighted by Gasteiger charge is 2.50. The molecule has 0 saturated heterocycles. The van der Waals surface area contributed by atoms with E-state index in [1.54, 1.807) is 7.05 Å². The van der Waals surface area contributed by atoms with E-state index in [2.05, 4.69) is 5.32 Å². The molecular formula is C13H23NO3. The summed E-state index contributed by atoms with van der Waals surface area (Å²) in [4.78, 5) is 11.4. The molecule has 0 amide bonds. The second kappa shape index (κ2) is 5.36. The minimum absolute atomic E-state index is 0.244. The smallest absolute Gasteiger partial charge is 0.326 e. The van der Waals surface area contributed by atoms with Crippen molar-refractivity contribution < 1.29 is 14.6 Å². The van der Waals surface area contributed by atoms with Gasteiger partial charge >= 0.3 is 5.97 Å². The number of carboxylic acids is 1. The molecule has 0 radical (unpaired) electrons. The molecule has 98 valence electrons. The lowest BCUT2D eigenvalue weighted by molar-refractivity contribution is -0.149. The minimum atomic E-state index is -0.848. The monoisotopic (exact) mass is 241 g/mol. The molecule has 2 N–H and O–H groups in total. The number of aliphatic carboxylic acids is 1. The van der Waals surface area contributed by atoms with Gasteiger partial charge < -0.3 is 15.2 Å². The van der Waals surface area contributed by atoms with Crippen LogP contribution in [0.2, 0.25) is 0 Å². The van der Waals surface area contributed by atoms with Crippen LogP contribution < -0.4 is 5.32 Å². The number of carbonyl (C=O) groups is 1. The number of likely N-dealkylation sites (N-methyl/N-ethyl adjacent to an activating group) is 1. The van der Waals surface area contributed by atoms with Crippen molar-refractivity contribution in [2.75, 3.05) is 20.3 Å². The Morgan fingerprint density at radius 1 is 1.41 bits per heavy atom. The van der Waals surface area contributed by atoms with E-state index in [0.717, 1.165) is 25.2 Å². The number of nitrogens with one attached hydrogen (secondary N) is 1. The molecule has 1 unspecified atom stereocenters. The quantitative estimate of drug-likeness (QED) is 0.634. The minimum Gasteiger partial charge on any atom is -0.480 e. The Labute approximate surface area is 103 Å². The summed E-state index contributed by atoms with van der Waals surface area (Å²) in [6.45, 7) is 1.00. The van der Waals surface area contributed by atoms with Gasteiger partial charge in [0.15, 0.2) is 0 Å². The molecule has 1 atom stereocenters. The van der Waals surface area contributed by atoms with Crippen molar-refractivity contribution in [2.24, 2.45) is 11.8 Å². The summed E-state index contributed by atoms with van der Waals surface area (Å²) in [6.07, 6.45) is 7.08. The van der Waals surface area contributed by atoms with Crippen molar-refractivity contribution >= 4 is 5.97 Å². The lowest BCUT2D eigenvalue weighted by Gasteiger charge is -2.30. The van der Waals surface area contributed by atoms with E-state index in [1.165, 1.54) is 19.3 Å². The lowest BCUT2D eigenvalue weighted by Crippen LogP contribution is -2.56. The van der Waals surface area contributed by atoms with E-state index < -0.39 is 11.5 Å². The summed E-state index contributed by atoms with van der Waals surface area (Å²) in [5, 5.41) is 12.3. The largest absolute Gasteiger partial charge is 0.480 e. The van der Waals surface area contributed by atoms with Crippen LogP contribution in [-0.4, -0.2) is 36.9 Å². The van der Waals surface area contributed by atoms with Gasteiger partial charge in [-0.05, 0) is 38.1 Å². The average Bonchev–Trinajstić information content (AvgIpc) is 3.04. The van der Waals surface area contributed by atoms with Gasteiger partial charge in [0, 0.05) is 6.61 Å². The van der Waals surface area contributed by atoms with Crippen LogP contribution >= 0.6 is 0 Å². The summed E-state index contributed by atoms with van der Waals surface area (Å²) in [5.74, 6) is 0.296. The number of carboxylic acid groups (broad SMARTS) is 1. The first-order chi connectivity index (χ1) is 8.19. The van der Waals surface area contributed by atoms with E-state index in [0.29, 0.717) is 13.2 Å². The SMILES string of the molecule is CNC(COCCC1CCC1)(C(=O)O)C1CC1. The van der Waals surface area contributed by atoms with Crippen LogP contribution in [0.15, 0.2) is 0 Å². The lowest BCUT2D eigenvalue weighted by atomic mass is 9.83. The van der Waals surface area contributed by atoms with Gasteiger partial charge in [0.05, 0.1) is 6.61 Å². The second-order valence-electron chi connectivity index (χ2n) is 5.44. The molecule has 2 aliphatic carbocycles. The zero-order valence-electron chi connectivity index (χ0n) is 10.6. The first-order valence-electron chi connectivity index (χ1n) is 6.69. The van der Waals surface area contributed by atoms with Crippen molar-refractivity contribution in [3.05, 3.63) is 0 Å². The summed E-state index contributed by atoms with van der Waals surface area (Å²) >= 11 is 0. The fourth-order valence-corrected chi connectivity index (χ4v) is 2.58. The molecule has 2 rings (SSSR count). The second-order valence-corrected chi connectivity index (χ2v) is 5.44. The van der Waals surface area contributed by atoms with E-state index in [9.17, 15) is 9.90 Å². The van der Waals surface area contributed by atoms with Crippen LogP contribution in [0.3, 0.4) is 0 Å². The Morgan fingerprint density at radius 2 is 2.12 bits per heavy atom. The van der Waals surface area contributed by atoms with E-state index in [-0.39, 0.29) is 5.92 Å². The molecule has 0 aliphatic heterocycles. The summed E-state index contributed by atoms with van der Waals surface area (Å²) in [5.41, 5.74) is -0.848. The van der Waals surface area contributed by atoms with Crippen LogP contribution in [0, 0.1) is 11.8 Å². The number of rotatable bonds is 8. The molecule has 0 spiro atoms. The molecule has 2 fully saturated rings. The maximum Gasteiger partial charge on any atom is 0.326 e. The summed E-state index contributed by atoms with van der Waals surface area (Å²) in [7, 11) is 1.72. The fourth-order valence-electron chi connectivity index (χ4n) is 2.58. The molecule has 0 heterocycles. The van der Waals surface area contributed by atoms with E-state index in [1.807, 2.05) is 0 Å². The number of hydrogen-bond donors (Lipinski definition) is 2. The summed E-state index contributed by atoms with van der Waals surface area (Å²) < 4.78 is 5.62. The highest BCUT2D eigenvalue weighted by atomic mass is 16.5. The number of ether oxygens (including phenoxy) is 1. The molecule has 4 nitrogen and oxygen atoms in total. The fraction of sp³-hybridized carbons (Fsp3) is 0.923. The van der Waals surface area contributed by atoms with Crippen LogP contribution in [0.5, 0.6) is 0 Å². The van der Waals surface area contributed by atoms with Crippen molar-refractivity contribution in [1.82, 2.24) is 5.32 Å². The molecule has 17 heavy (non-hydrogen) atoms. The van der Waals surface area contributed by atoms with Gasteiger partial charge in [-0.1, -0.05) is 19.3 Å². The zero-order valence-corrected chi connectivity index (χ0v) is 10.6. The first kappa shape index (κ1) is 12.8. The van der Waals surface area contributed by atoms with Crippen molar-refractivity contribution in [2.45, 2.75) is 44.1 Å². The summed E-state index contributed by atoms with van der Waals surface area (Å²) in [6, 6.07) is 0. The molecule has 2 aliphatic rings. The first-order valence-corrected chi connectivity index (χ1v) is 6.69. The van der Waals surface area contributed by atoms with Gasteiger partial charge in [0.1, 0.15) is 5.54 Å². The highest BCUT2D eigenvalue weighted by molar-refractivity contribution is 5.80. The average molecular weight is 241 g/mol. The molecule has 4 heteroatoms. The Hall–Kier alpha value is -0.610. The molecule has 0 bridgehead atoms. The Kier molecular flexibility index (Phi) is 4.05. The zero-order chi connectivity index (χ0) is 12.3.